The highest BCUT2D eigenvalue weighted by Crippen LogP contribution is 2.27. The highest BCUT2D eigenvalue weighted by molar-refractivity contribution is 9.11. The van der Waals surface area contributed by atoms with Crippen molar-refractivity contribution >= 4 is 43.9 Å². The number of rotatable bonds is 4. The lowest BCUT2D eigenvalue weighted by Gasteiger charge is -2.20. The van der Waals surface area contributed by atoms with E-state index in [0.717, 1.165) is 27.2 Å². The molecule has 0 unspecified atom stereocenters. The summed E-state index contributed by atoms with van der Waals surface area (Å²) in [6.45, 7) is 1.28. The van der Waals surface area contributed by atoms with E-state index < -0.39 is 0 Å². The van der Waals surface area contributed by atoms with Crippen LogP contribution in [0.1, 0.15) is 11.3 Å². The Kier molecular flexibility index (Phi) is 4.24. The van der Waals surface area contributed by atoms with Crippen LogP contribution in [0.4, 0.5) is 5.82 Å². The van der Waals surface area contributed by atoms with Crippen LogP contribution >= 0.6 is 27.3 Å². The van der Waals surface area contributed by atoms with Crippen LogP contribution in [0.15, 0.2) is 45.6 Å². The van der Waals surface area contributed by atoms with Gasteiger partial charge in [-0.1, -0.05) is 24.3 Å². The monoisotopic (exact) mass is 361 g/mol. The molecule has 21 heavy (non-hydrogen) atoms. The van der Waals surface area contributed by atoms with E-state index in [1.807, 2.05) is 12.1 Å². The van der Waals surface area contributed by atoms with Gasteiger partial charge in [0.25, 0.3) is 0 Å². The highest BCUT2D eigenvalue weighted by atomic mass is 79.9. The zero-order chi connectivity index (χ0) is 14.8. The van der Waals surface area contributed by atoms with Crippen molar-refractivity contribution in [3.8, 4) is 0 Å². The summed E-state index contributed by atoms with van der Waals surface area (Å²) < 4.78 is 1.15. The third-order valence-corrected chi connectivity index (χ3v) is 4.94. The van der Waals surface area contributed by atoms with Gasteiger partial charge in [0.2, 0.25) is 0 Å². The van der Waals surface area contributed by atoms with Crippen LogP contribution in [-0.2, 0) is 13.1 Å². The van der Waals surface area contributed by atoms with Crippen molar-refractivity contribution in [2.75, 3.05) is 11.9 Å². The maximum absolute atomic E-state index is 5.78. The van der Waals surface area contributed by atoms with E-state index in [2.05, 4.69) is 57.5 Å². The lowest BCUT2D eigenvalue weighted by Crippen LogP contribution is -2.18. The van der Waals surface area contributed by atoms with Gasteiger partial charge in [0.1, 0.15) is 5.82 Å². The van der Waals surface area contributed by atoms with E-state index in [-0.39, 0.29) is 0 Å². The predicted molar refractivity (Wildman–Crippen MR) is 93.8 cm³/mol. The Hall–Kier alpha value is -1.43. The molecule has 2 N–H and O–H groups in total. The fraction of sp³-hybridized carbons (Fsp3) is 0.188. The Balaban J connectivity index is 2.01. The van der Waals surface area contributed by atoms with E-state index in [4.69, 9.17) is 10.7 Å². The average molecular weight is 362 g/mol. The lowest BCUT2D eigenvalue weighted by atomic mass is 10.1. The van der Waals surface area contributed by atoms with Crippen molar-refractivity contribution in [1.82, 2.24) is 4.98 Å². The molecule has 108 valence electrons. The number of nitrogens with zero attached hydrogens (tertiary/aromatic N) is 2. The Morgan fingerprint density at radius 2 is 2.10 bits per heavy atom. The molecule has 5 heteroatoms. The molecular weight excluding hydrogens is 346 g/mol. The lowest BCUT2D eigenvalue weighted by molar-refractivity contribution is 0.889. The van der Waals surface area contributed by atoms with E-state index in [1.165, 1.54) is 10.9 Å². The third-order valence-electron chi connectivity index (χ3n) is 3.39. The zero-order valence-electron chi connectivity index (χ0n) is 11.7. The summed E-state index contributed by atoms with van der Waals surface area (Å²) in [5.74, 6) is 0.982. The van der Waals surface area contributed by atoms with Crippen molar-refractivity contribution in [3.63, 3.8) is 0 Å². The first-order chi connectivity index (χ1) is 10.2. The summed E-state index contributed by atoms with van der Waals surface area (Å²) in [6, 6.07) is 12.5. The second-order valence-corrected chi connectivity index (χ2v) is 7.27. The summed E-state index contributed by atoms with van der Waals surface area (Å²) >= 11 is 5.21. The zero-order valence-corrected chi connectivity index (χ0v) is 14.1. The van der Waals surface area contributed by atoms with Crippen LogP contribution in [0.5, 0.6) is 0 Å². The van der Waals surface area contributed by atoms with Gasteiger partial charge in [-0.2, -0.15) is 0 Å². The number of hydrogen-bond donors (Lipinski definition) is 1. The molecule has 0 radical (unpaired) electrons. The van der Waals surface area contributed by atoms with Crippen LogP contribution in [0.25, 0.3) is 10.8 Å². The molecule has 0 aliphatic carbocycles. The number of thiophene rings is 1. The summed E-state index contributed by atoms with van der Waals surface area (Å²) in [7, 11) is 2.07. The first-order valence-electron chi connectivity index (χ1n) is 6.70. The van der Waals surface area contributed by atoms with Crippen molar-refractivity contribution in [1.29, 1.82) is 0 Å². The fourth-order valence-corrected chi connectivity index (χ4v) is 3.61. The van der Waals surface area contributed by atoms with Crippen LogP contribution < -0.4 is 10.6 Å². The molecule has 3 nitrogen and oxygen atoms in total. The molecule has 0 saturated heterocycles. The smallest absolute Gasteiger partial charge is 0.136 e. The molecule has 2 heterocycles. The van der Waals surface area contributed by atoms with Crippen molar-refractivity contribution < 1.29 is 0 Å². The third kappa shape index (κ3) is 3.10. The van der Waals surface area contributed by atoms with E-state index in [0.29, 0.717) is 6.54 Å². The largest absolute Gasteiger partial charge is 0.355 e. The Bertz CT molecular complexity index is 769. The maximum Gasteiger partial charge on any atom is 0.136 e. The second-order valence-electron chi connectivity index (χ2n) is 4.98. The topological polar surface area (TPSA) is 42.2 Å². The van der Waals surface area contributed by atoms with E-state index >= 15 is 0 Å². The fourth-order valence-electron chi connectivity index (χ4n) is 2.41. The van der Waals surface area contributed by atoms with Crippen LogP contribution in [-0.4, -0.2) is 12.0 Å². The molecular formula is C16H16BrN3S. The van der Waals surface area contributed by atoms with Crippen molar-refractivity contribution in [3.05, 3.63) is 56.8 Å². The molecule has 3 aromatic rings. The van der Waals surface area contributed by atoms with Gasteiger partial charge in [0.05, 0.1) is 9.48 Å². The number of aromatic nitrogens is 1. The minimum Gasteiger partial charge on any atom is -0.355 e. The summed E-state index contributed by atoms with van der Waals surface area (Å²) in [5, 5.41) is 4.50. The Labute approximate surface area is 136 Å². The van der Waals surface area contributed by atoms with Gasteiger partial charge < -0.3 is 10.6 Å². The molecule has 0 aliphatic rings. The molecule has 0 atom stereocenters. The number of nitrogens with two attached hydrogens (primary N) is 1. The van der Waals surface area contributed by atoms with E-state index in [1.54, 1.807) is 11.3 Å². The van der Waals surface area contributed by atoms with Crippen molar-refractivity contribution in [2.45, 2.75) is 13.1 Å². The average Bonchev–Trinajstić information content (AvgIpc) is 2.91. The van der Waals surface area contributed by atoms with E-state index in [9.17, 15) is 0 Å². The van der Waals surface area contributed by atoms with Gasteiger partial charge in [-0.3, -0.25) is 0 Å². The Morgan fingerprint density at radius 3 is 2.81 bits per heavy atom. The molecule has 0 bridgehead atoms. The quantitative estimate of drug-likeness (QED) is 0.758. The molecule has 3 rings (SSSR count). The number of anilines is 1. The van der Waals surface area contributed by atoms with Gasteiger partial charge >= 0.3 is 0 Å². The minimum absolute atomic E-state index is 0.454. The molecule has 0 aliphatic heterocycles. The molecule has 0 saturated carbocycles. The van der Waals surface area contributed by atoms with Crippen LogP contribution in [0.2, 0.25) is 0 Å². The van der Waals surface area contributed by atoms with Gasteiger partial charge in [-0.05, 0) is 44.4 Å². The summed E-state index contributed by atoms with van der Waals surface area (Å²) in [4.78, 5) is 6.89. The summed E-state index contributed by atoms with van der Waals surface area (Å²) in [5.41, 5.74) is 7.98. The highest BCUT2D eigenvalue weighted by Gasteiger charge is 2.11. The second kappa shape index (κ2) is 6.13. The standard InChI is InChI=1S/C16H16BrN3S/c1-20(9-11-6-15(17)21-10-11)16-14-5-3-2-4-12(14)7-13(8-18)19-16/h2-7,10H,8-9,18H2,1H3. The molecule has 2 aromatic heterocycles. The number of fused-ring (bicyclic) bond motifs is 1. The van der Waals surface area contributed by atoms with Gasteiger partial charge in [0.15, 0.2) is 0 Å². The van der Waals surface area contributed by atoms with Crippen molar-refractivity contribution in [2.24, 2.45) is 5.73 Å². The number of halogens is 1. The first kappa shape index (κ1) is 14.5. The number of hydrogen-bond acceptors (Lipinski definition) is 4. The SMILES string of the molecule is CN(Cc1csc(Br)c1)c1nc(CN)cc2ccccc12. The number of benzene rings is 1. The molecule has 1 aromatic carbocycles. The normalized spacial score (nSPS) is 11.0. The molecule has 0 fully saturated rings. The summed E-state index contributed by atoms with van der Waals surface area (Å²) in [6.07, 6.45) is 0. The maximum atomic E-state index is 5.78. The number of pyridine rings is 1. The Morgan fingerprint density at radius 1 is 1.29 bits per heavy atom. The first-order valence-corrected chi connectivity index (χ1v) is 8.37. The predicted octanol–water partition coefficient (Wildman–Crippen LogP) is 4.15. The van der Waals surface area contributed by atoms with Gasteiger partial charge in [0, 0.05) is 25.5 Å². The van der Waals surface area contributed by atoms with Gasteiger partial charge in [-0.15, -0.1) is 11.3 Å². The van der Waals surface area contributed by atoms with Crippen LogP contribution in [0, 0.1) is 0 Å². The van der Waals surface area contributed by atoms with Crippen LogP contribution in [0.3, 0.4) is 0 Å². The molecule has 0 spiro atoms. The van der Waals surface area contributed by atoms with Gasteiger partial charge in [-0.25, -0.2) is 4.98 Å². The molecule has 0 amide bonds. The minimum atomic E-state index is 0.454.